The number of nitriles is 1. The van der Waals surface area contributed by atoms with E-state index in [9.17, 15) is 4.79 Å². The van der Waals surface area contributed by atoms with Crippen LogP contribution in [0.1, 0.15) is 15.9 Å². The van der Waals surface area contributed by atoms with Gasteiger partial charge in [-0.3, -0.25) is 10.8 Å². The van der Waals surface area contributed by atoms with Gasteiger partial charge in [-0.15, -0.1) is 0 Å². The number of hydrogen-bond acceptors (Lipinski definition) is 6. The van der Waals surface area contributed by atoms with Crippen LogP contribution in [0.15, 0.2) is 59.7 Å². The molecular weight excluding hydrogens is 306 g/mol. The number of benzene rings is 2. The van der Waals surface area contributed by atoms with Crippen LogP contribution < -0.4 is 11.2 Å². The van der Waals surface area contributed by atoms with E-state index in [1.165, 1.54) is 0 Å². The highest BCUT2D eigenvalue weighted by molar-refractivity contribution is 6.45. The van der Waals surface area contributed by atoms with Gasteiger partial charge in [0, 0.05) is 0 Å². The predicted octanol–water partition coefficient (Wildman–Crippen LogP) is 2.27. The Bertz CT molecular complexity index is 809. The molecule has 7 heteroatoms. The minimum atomic E-state index is -0.529. The van der Waals surface area contributed by atoms with E-state index in [0.29, 0.717) is 5.69 Å². The molecule has 0 aliphatic heterocycles. The summed E-state index contributed by atoms with van der Waals surface area (Å²) in [4.78, 5) is 12.2. The molecule has 0 spiro atoms. The number of carbonyl (C=O) groups excluding carboxylic acids is 1. The first-order valence-corrected chi connectivity index (χ1v) is 7.00. The zero-order valence-electron chi connectivity index (χ0n) is 12.7. The average molecular weight is 321 g/mol. The molecule has 4 N–H and O–H groups in total. The van der Waals surface area contributed by atoms with Crippen LogP contribution in [0.5, 0.6) is 0 Å². The van der Waals surface area contributed by atoms with Gasteiger partial charge in [-0.25, -0.2) is 4.79 Å². The molecule has 0 amide bonds. The van der Waals surface area contributed by atoms with E-state index < -0.39 is 11.8 Å². The Hall–Kier alpha value is -3.66. The largest absolute Gasteiger partial charge is 0.457 e. The van der Waals surface area contributed by atoms with Crippen molar-refractivity contribution < 1.29 is 9.53 Å². The smallest absolute Gasteiger partial charge is 0.340 e. The number of anilines is 1. The summed E-state index contributed by atoms with van der Waals surface area (Å²) in [7, 11) is 0. The van der Waals surface area contributed by atoms with Crippen molar-refractivity contribution in [1.29, 1.82) is 10.7 Å². The molecule has 7 nitrogen and oxygen atoms in total. The summed E-state index contributed by atoms with van der Waals surface area (Å²) >= 11 is 0. The van der Waals surface area contributed by atoms with Gasteiger partial charge in [-0.05, 0) is 17.7 Å². The van der Waals surface area contributed by atoms with Gasteiger partial charge in [0.15, 0.2) is 5.84 Å². The first-order chi connectivity index (χ1) is 11.6. The molecule has 0 aliphatic carbocycles. The second-order valence-electron chi connectivity index (χ2n) is 4.71. The molecule has 0 aliphatic rings. The maximum absolute atomic E-state index is 12.2. The number of hydrazone groups is 1. The molecule has 0 aromatic heterocycles. The molecule has 0 bridgehead atoms. The van der Waals surface area contributed by atoms with E-state index in [-0.39, 0.29) is 17.9 Å². The van der Waals surface area contributed by atoms with Crippen LogP contribution in [-0.2, 0) is 11.3 Å². The van der Waals surface area contributed by atoms with E-state index in [0.717, 1.165) is 5.56 Å². The summed E-state index contributed by atoms with van der Waals surface area (Å²) in [5.74, 6) is -0.993. The van der Waals surface area contributed by atoms with Crippen molar-refractivity contribution >= 4 is 23.2 Å². The van der Waals surface area contributed by atoms with Crippen molar-refractivity contribution in [3.8, 4) is 6.07 Å². The van der Waals surface area contributed by atoms with Gasteiger partial charge in [0.05, 0.1) is 11.3 Å². The normalized spacial score (nSPS) is 10.5. The number of nitrogens with zero attached hydrogens (tertiary/aromatic N) is 2. The summed E-state index contributed by atoms with van der Waals surface area (Å²) < 4.78 is 5.28. The van der Waals surface area contributed by atoms with E-state index in [4.69, 9.17) is 21.1 Å². The fourth-order valence-electron chi connectivity index (χ4n) is 1.82. The van der Waals surface area contributed by atoms with Crippen molar-refractivity contribution in [2.24, 2.45) is 10.8 Å². The van der Waals surface area contributed by atoms with Gasteiger partial charge in [0.1, 0.15) is 12.7 Å². The SMILES string of the molecule is N#C/C(=N\Nc1ccccc1C(=O)OCc1ccccc1)C(=N)N. The van der Waals surface area contributed by atoms with Crippen molar-refractivity contribution in [2.75, 3.05) is 5.43 Å². The molecule has 2 rings (SSSR count). The van der Waals surface area contributed by atoms with Crippen molar-refractivity contribution in [3.05, 3.63) is 65.7 Å². The lowest BCUT2D eigenvalue weighted by molar-refractivity contribution is 0.0474. The van der Waals surface area contributed by atoms with Crippen LogP contribution in [0.25, 0.3) is 0 Å². The lowest BCUT2D eigenvalue weighted by Gasteiger charge is -2.09. The number of esters is 1. The molecule has 2 aromatic carbocycles. The monoisotopic (exact) mass is 321 g/mol. The number of nitrogens with two attached hydrogens (primary N) is 1. The molecule has 0 saturated heterocycles. The Kier molecular flexibility index (Phi) is 5.64. The molecule has 24 heavy (non-hydrogen) atoms. The van der Waals surface area contributed by atoms with Gasteiger partial charge in [0.25, 0.3) is 0 Å². The molecule has 0 radical (unpaired) electrons. The van der Waals surface area contributed by atoms with Gasteiger partial charge in [0.2, 0.25) is 5.71 Å². The molecule has 0 atom stereocenters. The Morgan fingerprint density at radius 3 is 2.54 bits per heavy atom. The number of para-hydroxylation sites is 1. The lowest BCUT2D eigenvalue weighted by atomic mass is 10.2. The highest BCUT2D eigenvalue weighted by atomic mass is 16.5. The number of ether oxygens (including phenoxy) is 1. The van der Waals surface area contributed by atoms with Crippen LogP contribution in [0, 0.1) is 16.7 Å². The molecule has 0 fully saturated rings. The summed E-state index contributed by atoms with van der Waals surface area (Å²) in [6, 6.07) is 17.6. The maximum Gasteiger partial charge on any atom is 0.340 e. The van der Waals surface area contributed by atoms with Crippen molar-refractivity contribution in [3.63, 3.8) is 0 Å². The average Bonchev–Trinajstić information content (AvgIpc) is 2.61. The Labute approximate surface area is 138 Å². The number of nitrogens with one attached hydrogen (secondary N) is 2. The van der Waals surface area contributed by atoms with Crippen LogP contribution >= 0.6 is 0 Å². The standard InChI is InChI=1S/C17H15N5O2/c18-10-15(16(19)20)22-21-14-9-5-4-8-13(14)17(23)24-11-12-6-2-1-3-7-12/h1-9,21H,11H2,(H3,19,20)/b22-15+. The zero-order chi connectivity index (χ0) is 17.4. The predicted molar refractivity (Wildman–Crippen MR) is 90.6 cm³/mol. The molecule has 2 aromatic rings. The maximum atomic E-state index is 12.2. The third kappa shape index (κ3) is 4.42. The van der Waals surface area contributed by atoms with Crippen molar-refractivity contribution in [1.82, 2.24) is 0 Å². The summed E-state index contributed by atoms with van der Waals surface area (Å²) in [6.07, 6.45) is 0. The number of amidine groups is 1. The first-order valence-electron chi connectivity index (χ1n) is 7.00. The second-order valence-corrected chi connectivity index (χ2v) is 4.71. The van der Waals surface area contributed by atoms with Crippen molar-refractivity contribution in [2.45, 2.75) is 6.61 Å². The Balaban J connectivity index is 2.12. The summed E-state index contributed by atoms with van der Waals surface area (Å²) in [5.41, 5.74) is 9.00. The highest BCUT2D eigenvalue weighted by Crippen LogP contribution is 2.17. The Morgan fingerprint density at radius 2 is 1.88 bits per heavy atom. The quantitative estimate of drug-likeness (QED) is 0.326. The number of hydrogen-bond donors (Lipinski definition) is 3. The van der Waals surface area contributed by atoms with E-state index >= 15 is 0 Å². The molecule has 0 heterocycles. The lowest BCUT2D eigenvalue weighted by Crippen LogP contribution is -2.22. The minimum absolute atomic E-state index is 0.147. The fourth-order valence-corrected chi connectivity index (χ4v) is 1.82. The van der Waals surface area contributed by atoms with E-state index in [1.54, 1.807) is 30.3 Å². The number of carbonyl (C=O) groups is 1. The molecule has 0 saturated carbocycles. The Morgan fingerprint density at radius 1 is 1.21 bits per heavy atom. The topological polar surface area (TPSA) is 124 Å². The minimum Gasteiger partial charge on any atom is -0.457 e. The van der Waals surface area contributed by atoms with E-state index in [1.807, 2.05) is 30.3 Å². The van der Waals surface area contributed by atoms with Gasteiger partial charge < -0.3 is 10.5 Å². The van der Waals surface area contributed by atoms with Crippen LogP contribution in [0.2, 0.25) is 0 Å². The second kappa shape index (κ2) is 8.10. The van der Waals surface area contributed by atoms with E-state index in [2.05, 4.69) is 10.5 Å². The first kappa shape index (κ1) is 16.7. The van der Waals surface area contributed by atoms with Gasteiger partial charge in [-0.1, -0.05) is 42.5 Å². The number of rotatable bonds is 6. The van der Waals surface area contributed by atoms with Crippen LogP contribution in [0.4, 0.5) is 5.69 Å². The molecule has 120 valence electrons. The van der Waals surface area contributed by atoms with Gasteiger partial charge >= 0.3 is 5.97 Å². The molecular formula is C17H15N5O2. The zero-order valence-corrected chi connectivity index (χ0v) is 12.7. The molecule has 0 unspecified atom stereocenters. The third-order valence-corrected chi connectivity index (χ3v) is 3.01. The highest BCUT2D eigenvalue weighted by Gasteiger charge is 2.13. The van der Waals surface area contributed by atoms with Crippen LogP contribution in [0.3, 0.4) is 0 Å². The summed E-state index contributed by atoms with van der Waals surface area (Å²) in [6.45, 7) is 0.147. The fraction of sp³-hybridized carbons (Fsp3) is 0.0588. The van der Waals surface area contributed by atoms with Crippen LogP contribution in [-0.4, -0.2) is 17.5 Å². The van der Waals surface area contributed by atoms with Gasteiger partial charge in [-0.2, -0.15) is 10.4 Å². The summed E-state index contributed by atoms with van der Waals surface area (Å²) in [5, 5.41) is 19.8. The third-order valence-electron chi connectivity index (χ3n) is 3.01.